The van der Waals surface area contributed by atoms with Crippen molar-refractivity contribution in [1.29, 1.82) is 0 Å². The number of aliphatic hydroxyl groups excluding tert-OH is 1. The SMILES string of the molecule is Cc1cc(CN)ccc1CN(CCO)CC(F)(F)F. The van der Waals surface area contributed by atoms with E-state index in [4.69, 9.17) is 10.8 Å². The van der Waals surface area contributed by atoms with Crippen LogP contribution in [-0.4, -0.2) is 35.9 Å². The summed E-state index contributed by atoms with van der Waals surface area (Å²) in [5.41, 5.74) is 8.18. The smallest absolute Gasteiger partial charge is 0.395 e. The molecule has 1 rings (SSSR count). The van der Waals surface area contributed by atoms with E-state index in [0.717, 1.165) is 16.7 Å². The van der Waals surface area contributed by atoms with Gasteiger partial charge >= 0.3 is 6.18 Å². The van der Waals surface area contributed by atoms with Crippen molar-refractivity contribution in [1.82, 2.24) is 4.90 Å². The molecule has 0 amide bonds. The van der Waals surface area contributed by atoms with Gasteiger partial charge in [0.25, 0.3) is 0 Å². The Morgan fingerprint density at radius 3 is 2.47 bits per heavy atom. The molecule has 0 bridgehead atoms. The van der Waals surface area contributed by atoms with E-state index in [1.165, 1.54) is 4.90 Å². The van der Waals surface area contributed by atoms with Crippen molar-refractivity contribution in [2.75, 3.05) is 19.7 Å². The van der Waals surface area contributed by atoms with Crippen molar-refractivity contribution in [3.63, 3.8) is 0 Å². The number of aliphatic hydroxyl groups is 1. The summed E-state index contributed by atoms with van der Waals surface area (Å²) < 4.78 is 37.2. The summed E-state index contributed by atoms with van der Waals surface area (Å²) in [6.07, 6.45) is -4.26. The molecule has 3 nitrogen and oxygen atoms in total. The highest BCUT2D eigenvalue weighted by Crippen LogP contribution is 2.19. The van der Waals surface area contributed by atoms with Crippen LogP contribution in [0.3, 0.4) is 0 Å². The molecule has 0 unspecified atom stereocenters. The van der Waals surface area contributed by atoms with Crippen LogP contribution in [0, 0.1) is 6.92 Å². The van der Waals surface area contributed by atoms with E-state index in [0.29, 0.717) is 6.54 Å². The van der Waals surface area contributed by atoms with Crippen molar-refractivity contribution in [2.45, 2.75) is 26.2 Å². The third-order valence-corrected chi connectivity index (χ3v) is 2.86. The van der Waals surface area contributed by atoms with Gasteiger partial charge in [0.05, 0.1) is 13.2 Å². The molecule has 0 radical (unpaired) electrons. The standard InChI is InChI=1S/C13H19F3N2O/c1-10-6-11(7-17)2-3-12(10)8-18(4-5-19)9-13(14,15)16/h2-3,6,19H,4-5,7-9,17H2,1H3. The van der Waals surface area contributed by atoms with Gasteiger partial charge in [0.2, 0.25) is 0 Å². The topological polar surface area (TPSA) is 49.5 Å². The predicted octanol–water partition coefficient (Wildman–Crippen LogP) is 1.81. The van der Waals surface area contributed by atoms with Gasteiger partial charge < -0.3 is 10.8 Å². The average Bonchev–Trinajstić information content (AvgIpc) is 2.30. The zero-order chi connectivity index (χ0) is 14.5. The highest BCUT2D eigenvalue weighted by atomic mass is 19.4. The zero-order valence-electron chi connectivity index (χ0n) is 10.9. The molecule has 3 N–H and O–H groups in total. The van der Waals surface area contributed by atoms with E-state index in [2.05, 4.69) is 0 Å². The van der Waals surface area contributed by atoms with E-state index in [1.54, 1.807) is 6.07 Å². The maximum Gasteiger partial charge on any atom is 0.401 e. The lowest BCUT2D eigenvalue weighted by molar-refractivity contribution is -0.148. The quantitative estimate of drug-likeness (QED) is 0.833. The average molecular weight is 276 g/mol. The number of nitrogens with zero attached hydrogens (tertiary/aromatic N) is 1. The first-order valence-corrected chi connectivity index (χ1v) is 6.04. The van der Waals surface area contributed by atoms with Gasteiger partial charge in [-0.1, -0.05) is 18.2 Å². The molecule has 108 valence electrons. The summed E-state index contributed by atoms with van der Waals surface area (Å²) in [7, 11) is 0. The number of nitrogens with two attached hydrogens (primary N) is 1. The molecular formula is C13H19F3N2O. The Kier molecular flexibility index (Phi) is 5.78. The molecule has 0 aliphatic carbocycles. The molecular weight excluding hydrogens is 257 g/mol. The minimum atomic E-state index is -4.26. The Labute approximate surface area is 110 Å². The number of benzene rings is 1. The molecule has 0 aliphatic heterocycles. The van der Waals surface area contributed by atoms with Gasteiger partial charge in [-0.2, -0.15) is 13.2 Å². The van der Waals surface area contributed by atoms with Crippen molar-refractivity contribution >= 4 is 0 Å². The lowest BCUT2D eigenvalue weighted by Crippen LogP contribution is -2.35. The maximum absolute atomic E-state index is 12.4. The number of hydrogen-bond donors (Lipinski definition) is 2. The van der Waals surface area contributed by atoms with E-state index in [1.807, 2.05) is 19.1 Å². The first-order chi connectivity index (χ1) is 8.85. The second kappa shape index (κ2) is 6.88. The van der Waals surface area contributed by atoms with Gasteiger partial charge in [-0.15, -0.1) is 0 Å². The molecule has 0 fully saturated rings. The molecule has 19 heavy (non-hydrogen) atoms. The summed E-state index contributed by atoms with van der Waals surface area (Å²) in [6, 6.07) is 5.48. The van der Waals surface area contributed by atoms with Crippen molar-refractivity contribution in [3.8, 4) is 0 Å². The second-order valence-corrected chi connectivity index (χ2v) is 4.51. The van der Waals surface area contributed by atoms with Crippen LogP contribution in [0.5, 0.6) is 0 Å². The highest BCUT2D eigenvalue weighted by Gasteiger charge is 2.30. The minimum Gasteiger partial charge on any atom is -0.395 e. The van der Waals surface area contributed by atoms with Crippen LogP contribution in [0.2, 0.25) is 0 Å². The fourth-order valence-corrected chi connectivity index (χ4v) is 1.91. The van der Waals surface area contributed by atoms with Crippen molar-refractivity contribution in [3.05, 3.63) is 34.9 Å². The van der Waals surface area contributed by atoms with Crippen LogP contribution >= 0.6 is 0 Å². The summed E-state index contributed by atoms with van der Waals surface area (Å²) in [5.74, 6) is 0. The molecule has 6 heteroatoms. The molecule has 0 atom stereocenters. The second-order valence-electron chi connectivity index (χ2n) is 4.51. The fraction of sp³-hybridized carbons (Fsp3) is 0.538. The molecule has 0 aliphatic rings. The van der Waals surface area contributed by atoms with Gasteiger partial charge in [-0.25, -0.2) is 0 Å². The summed E-state index contributed by atoms with van der Waals surface area (Å²) in [5, 5.41) is 8.84. The fourth-order valence-electron chi connectivity index (χ4n) is 1.91. The number of hydrogen-bond acceptors (Lipinski definition) is 3. The van der Waals surface area contributed by atoms with E-state index >= 15 is 0 Å². The van der Waals surface area contributed by atoms with Crippen molar-refractivity contribution < 1.29 is 18.3 Å². The van der Waals surface area contributed by atoms with E-state index in [-0.39, 0.29) is 19.7 Å². The monoisotopic (exact) mass is 276 g/mol. The van der Waals surface area contributed by atoms with Crippen LogP contribution in [0.4, 0.5) is 13.2 Å². The van der Waals surface area contributed by atoms with Crippen molar-refractivity contribution in [2.24, 2.45) is 5.73 Å². The first-order valence-electron chi connectivity index (χ1n) is 6.04. The molecule has 0 heterocycles. The Morgan fingerprint density at radius 2 is 2.00 bits per heavy atom. The van der Waals surface area contributed by atoms with Gasteiger partial charge in [0.1, 0.15) is 0 Å². The van der Waals surface area contributed by atoms with Crippen LogP contribution in [0.1, 0.15) is 16.7 Å². The molecule has 0 saturated carbocycles. The Hall–Kier alpha value is -1.11. The Bertz CT molecular complexity index is 407. The van der Waals surface area contributed by atoms with E-state index in [9.17, 15) is 13.2 Å². The Morgan fingerprint density at radius 1 is 1.32 bits per heavy atom. The van der Waals surface area contributed by atoms with Crippen LogP contribution in [0.25, 0.3) is 0 Å². The zero-order valence-corrected chi connectivity index (χ0v) is 10.9. The molecule has 0 spiro atoms. The summed E-state index contributed by atoms with van der Waals surface area (Å²) >= 11 is 0. The Balaban J connectivity index is 2.78. The van der Waals surface area contributed by atoms with Crippen LogP contribution in [-0.2, 0) is 13.1 Å². The van der Waals surface area contributed by atoms with Crippen LogP contribution < -0.4 is 5.73 Å². The third-order valence-electron chi connectivity index (χ3n) is 2.86. The predicted molar refractivity (Wildman–Crippen MR) is 67.5 cm³/mol. The van der Waals surface area contributed by atoms with E-state index < -0.39 is 12.7 Å². The van der Waals surface area contributed by atoms with Gasteiger partial charge in [-0.05, 0) is 23.6 Å². The molecule has 0 aromatic heterocycles. The normalized spacial score (nSPS) is 12.2. The number of alkyl halides is 3. The summed E-state index contributed by atoms with van der Waals surface area (Å²) in [4.78, 5) is 1.18. The van der Waals surface area contributed by atoms with Crippen LogP contribution in [0.15, 0.2) is 18.2 Å². The molecule has 1 aromatic carbocycles. The lowest BCUT2D eigenvalue weighted by atomic mass is 10.0. The first kappa shape index (κ1) is 15.9. The maximum atomic E-state index is 12.4. The summed E-state index contributed by atoms with van der Waals surface area (Å²) in [6.45, 7) is 1.10. The number of halogens is 3. The van der Waals surface area contributed by atoms with Gasteiger partial charge in [0, 0.05) is 19.6 Å². The number of aryl methyl sites for hydroxylation is 1. The van der Waals surface area contributed by atoms with Gasteiger partial charge in [0.15, 0.2) is 0 Å². The largest absolute Gasteiger partial charge is 0.401 e. The third kappa shape index (κ3) is 5.59. The lowest BCUT2D eigenvalue weighted by Gasteiger charge is -2.23. The highest BCUT2D eigenvalue weighted by molar-refractivity contribution is 5.31. The minimum absolute atomic E-state index is 0.00239. The molecule has 0 saturated heterocycles. The number of rotatable bonds is 6. The molecule has 1 aromatic rings. The van der Waals surface area contributed by atoms with Gasteiger partial charge in [-0.3, -0.25) is 4.90 Å².